The highest BCUT2D eigenvalue weighted by Gasteiger charge is 2.15. The van der Waals surface area contributed by atoms with Gasteiger partial charge in [0.15, 0.2) is 0 Å². The van der Waals surface area contributed by atoms with E-state index in [1.54, 1.807) is 0 Å². The van der Waals surface area contributed by atoms with E-state index >= 15 is 0 Å². The Morgan fingerprint density at radius 3 is 2.75 bits per heavy atom. The number of benzene rings is 2. The lowest BCUT2D eigenvalue weighted by Crippen LogP contribution is -2.26. The van der Waals surface area contributed by atoms with Gasteiger partial charge in [0, 0.05) is 23.6 Å². The normalized spacial score (nSPS) is 12.0. The molecular formula is C17H16ClFN2O2S. The first-order chi connectivity index (χ1) is 11.4. The molecule has 0 amide bonds. The van der Waals surface area contributed by atoms with Gasteiger partial charge in [0.1, 0.15) is 5.82 Å². The Balaban J connectivity index is 1.72. The van der Waals surface area contributed by atoms with Crippen molar-refractivity contribution in [2.24, 2.45) is 0 Å². The maximum Gasteiger partial charge on any atom is 0.240 e. The standard InChI is InChI=1S/C17H16ClFN2O2S/c1-11-2-5-17-14(8-11)12(10-20-17)6-7-21-24(22,23)13-3-4-16(19)15(18)9-13/h2-5,8-10,20-21H,6-7H2,1H3. The van der Waals surface area contributed by atoms with Crippen LogP contribution < -0.4 is 4.72 Å². The topological polar surface area (TPSA) is 62.0 Å². The second-order valence-corrected chi connectivity index (χ2v) is 7.76. The molecule has 1 aromatic heterocycles. The van der Waals surface area contributed by atoms with Crippen molar-refractivity contribution in [1.29, 1.82) is 0 Å². The molecule has 0 aliphatic rings. The number of aryl methyl sites for hydroxylation is 1. The molecule has 0 aliphatic heterocycles. The molecule has 0 aliphatic carbocycles. The molecule has 0 saturated carbocycles. The molecule has 2 aromatic carbocycles. The van der Waals surface area contributed by atoms with Crippen molar-refractivity contribution in [1.82, 2.24) is 9.71 Å². The van der Waals surface area contributed by atoms with Crippen LogP contribution in [0.2, 0.25) is 5.02 Å². The largest absolute Gasteiger partial charge is 0.361 e. The van der Waals surface area contributed by atoms with Gasteiger partial charge in [0.05, 0.1) is 9.92 Å². The number of nitrogens with one attached hydrogen (secondary N) is 2. The summed E-state index contributed by atoms with van der Waals surface area (Å²) in [4.78, 5) is 3.12. The third-order valence-corrected chi connectivity index (χ3v) is 5.56. The Morgan fingerprint density at radius 1 is 1.21 bits per heavy atom. The number of fused-ring (bicyclic) bond motifs is 1. The van der Waals surface area contributed by atoms with Crippen molar-refractivity contribution in [3.63, 3.8) is 0 Å². The van der Waals surface area contributed by atoms with Gasteiger partial charge in [-0.3, -0.25) is 0 Å². The third-order valence-electron chi connectivity index (χ3n) is 3.81. The molecule has 0 radical (unpaired) electrons. The molecule has 126 valence electrons. The van der Waals surface area contributed by atoms with E-state index in [2.05, 4.69) is 15.8 Å². The minimum Gasteiger partial charge on any atom is -0.361 e. The fraction of sp³-hybridized carbons (Fsp3) is 0.176. The lowest BCUT2D eigenvalue weighted by atomic mass is 10.1. The zero-order chi connectivity index (χ0) is 17.3. The van der Waals surface area contributed by atoms with E-state index < -0.39 is 15.8 Å². The monoisotopic (exact) mass is 366 g/mol. The Morgan fingerprint density at radius 2 is 2.00 bits per heavy atom. The van der Waals surface area contributed by atoms with Gasteiger partial charge in [-0.1, -0.05) is 23.2 Å². The summed E-state index contributed by atoms with van der Waals surface area (Å²) in [5.74, 6) is -0.648. The number of rotatable bonds is 5. The third kappa shape index (κ3) is 3.45. The molecule has 0 unspecified atom stereocenters. The number of hydrogen-bond donors (Lipinski definition) is 2. The zero-order valence-electron chi connectivity index (χ0n) is 12.9. The number of halogens is 2. The van der Waals surface area contributed by atoms with Gasteiger partial charge >= 0.3 is 0 Å². The molecule has 0 spiro atoms. The van der Waals surface area contributed by atoms with E-state index in [-0.39, 0.29) is 16.5 Å². The molecular weight excluding hydrogens is 351 g/mol. The summed E-state index contributed by atoms with van der Waals surface area (Å²) in [6.07, 6.45) is 2.42. The van der Waals surface area contributed by atoms with E-state index in [4.69, 9.17) is 11.6 Å². The lowest BCUT2D eigenvalue weighted by molar-refractivity contribution is 0.581. The van der Waals surface area contributed by atoms with Crippen LogP contribution in [0.4, 0.5) is 4.39 Å². The molecule has 0 bridgehead atoms. The van der Waals surface area contributed by atoms with Gasteiger partial charge < -0.3 is 4.98 Å². The summed E-state index contributed by atoms with van der Waals surface area (Å²) >= 11 is 5.64. The molecule has 2 N–H and O–H groups in total. The van der Waals surface area contributed by atoms with Crippen LogP contribution in [-0.2, 0) is 16.4 Å². The van der Waals surface area contributed by atoms with Crippen LogP contribution in [0, 0.1) is 12.7 Å². The number of hydrogen-bond acceptors (Lipinski definition) is 2. The molecule has 1 heterocycles. The molecule has 3 rings (SSSR count). The predicted octanol–water partition coefficient (Wildman–Crippen LogP) is 3.79. The van der Waals surface area contributed by atoms with Crippen LogP contribution in [-0.4, -0.2) is 19.9 Å². The molecule has 0 saturated heterocycles. The van der Waals surface area contributed by atoms with E-state index in [1.807, 2.05) is 25.3 Å². The van der Waals surface area contributed by atoms with Crippen LogP contribution in [0.1, 0.15) is 11.1 Å². The summed E-state index contributed by atoms with van der Waals surface area (Å²) in [5.41, 5.74) is 3.20. The van der Waals surface area contributed by atoms with Crippen molar-refractivity contribution in [2.75, 3.05) is 6.54 Å². The zero-order valence-corrected chi connectivity index (χ0v) is 14.5. The van der Waals surface area contributed by atoms with Gasteiger partial charge in [-0.25, -0.2) is 17.5 Å². The van der Waals surface area contributed by atoms with Crippen molar-refractivity contribution in [3.05, 3.63) is 64.6 Å². The summed E-state index contributed by atoms with van der Waals surface area (Å²) in [5, 5.41) is 0.865. The smallest absolute Gasteiger partial charge is 0.240 e. The van der Waals surface area contributed by atoms with Crippen LogP contribution in [0.15, 0.2) is 47.5 Å². The first-order valence-electron chi connectivity index (χ1n) is 7.38. The van der Waals surface area contributed by atoms with Crippen LogP contribution in [0.5, 0.6) is 0 Å². The maximum atomic E-state index is 13.2. The van der Waals surface area contributed by atoms with Crippen LogP contribution in [0.3, 0.4) is 0 Å². The fourth-order valence-corrected chi connectivity index (χ4v) is 3.85. The van der Waals surface area contributed by atoms with Crippen molar-refractivity contribution in [3.8, 4) is 0 Å². The van der Waals surface area contributed by atoms with E-state index in [9.17, 15) is 12.8 Å². The maximum absolute atomic E-state index is 13.2. The number of H-pyrrole nitrogens is 1. The SMILES string of the molecule is Cc1ccc2[nH]cc(CCNS(=O)(=O)c3ccc(F)c(Cl)c3)c2c1. The highest BCUT2D eigenvalue weighted by molar-refractivity contribution is 7.89. The predicted molar refractivity (Wildman–Crippen MR) is 93.3 cm³/mol. The van der Waals surface area contributed by atoms with Crippen molar-refractivity contribution < 1.29 is 12.8 Å². The molecule has 0 fully saturated rings. The molecule has 24 heavy (non-hydrogen) atoms. The van der Waals surface area contributed by atoms with Crippen LogP contribution in [0.25, 0.3) is 10.9 Å². The average molecular weight is 367 g/mol. The highest BCUT2D eigenvalue weighted by Crippen LogP contribution is 2.21. The van der Waals surface area contributed by atoms with Gasteiger partial charge in [-0.05, 0) is 49.2 Å². The molecule has 0 atom stereocenters. The molecule has 3 aromatic rings. The minimum atomic E-state index is -3.73. The van der Waals surface area contributed by atoms with E-state index in [0.29, 0.717) is 6.42 Å². The summed E-state index contributed by atoms with van der Waals surface area (Å²) in [6.45, 7) is 2.25. The Kier molecular flexibility index (Phi) is 4.62. The van der Waals surface area contributed by atoms with E-state index in [1.165, 1.54) is 6.07 Å². The summed E-state index contributed by atoms with van der Waals surface area (Å²) in [6, 6.07) is 9.42. The average Bonchev–Trinajstić information content (AvgIpc) is 2.92. The second kappa shape index (κ2) is 6.55. The van der Waals surface area contributed by atoms with Crippen molar-refractivity contribution >= 4 is 32.5 Å². The fourth-order valence-electron chi connectivity index (χ4n) is 2.55. The summed E-state index contributed by atoms with van der Waals surface area (Å²) < 4.78 is 40.2. The summed E-state index contributed by atoms with van der Waals surface area (Å²) in [7, 11) is -3.73. The van der Waals surface area contributed by atoms with Crippen LogP contribution >= 0.6 is 11.6 Å². The molecule has 4 nitrogen and oxygen atoms in total. The van der Waals surface area contributed by atoms with E-state index in [0.717, 1.165) is 34.2 Å². The van der Waals surface area contributed by atoms with Gasteiger partial charge in [-0.2, -0.15) is 0 Å². The lowest BCUT2D eigenvalue weighted by Gasteiger charge is -2.07. The second-order valence-electron chi connectivity index (χ2n) is 5.59. The Labute approximate surface area is 144 Å². The Hall–Kier alpha value is -1.89. The quantitative estimate of drug-likeness (QED) is 0.721. The van der Waals surface area contributed by atoms with Gasteiger partial charge in [-0.15, -0.1) is 0 Å². The number of aromatic nitrogens is 1. The number of sulfonamides is 1. The minimum absolute atomic E-state index is 0.0522. The van der Waals surface area contributed by atoms with Gasteiger partial charge in [0.2, 0.25) is 10.0 Å². The number of aromatic amines is 1. The van der Waals surface area contributed by atoms with Gasteiger partial charge in [0.25, 0.3) is 0 Å². The molecule has 7 heteroatoms. The first-order valence-corrected chi connectivity index (χ1v) is 9.24. The highest BCUT2D eigenvalue weighted by atomic mass is 35.5. The van der Waals surface area contributed by atoms with Crippen molar-refractivity contribution in [2.45, 2.75) is 18.2 Å². The Bertz CT molecular complexity index is 999. The first kappa shape index (κ1) is 17.0.